The van der Waals surface area contributed by atoms with Crippen LogP contribution in [-0.4, -0.2) is 60.6 Å². The molecule has 1 amide bonds. The van der Waals surface area contributed by atoms with Crippen molar-refractivity contribution in [2.75, 3.05) is 33.9 Å². The number of carbonyl (C=O) groups excluding carboxylic acids is 1. The molecule has 210 valence electrons. The highest BCUT2D eigenvalue weighted by Crippen LogP contribution is 2.40. The molecule has 0 aliphatic heterocycles. The zero-order valence-electron chi connectivity index (χ0n) is 22.9. The van der Waals surface area contributed by atoms with Crippen LogP contribution in [0, 0.1) is 0 Å². The van der Waals surface area contributed by atoms with Gasteiger partial charge in [0.2, 0.25) is 5.88 Å². The molecule has 1 aromatic heterocycles. The molecule has 0 saturated heterocycles. The van der Waals surface area contributed by atoms with Crippen LogP contribution in [0.4, 0.5) is 5.69 Å². The molecule has 0 bridgehead atoms. The molecule has 39 heavy (non-hydrogen) atoms. The highest BCUT2D eigenvalue weighted by molar-refractivity contribution is 9.10. The van der Waals surface area contributed by atoms with Crippen molar-refractivity contribution >= 4 is 44.6 Å². The van der Waals surface area contributed by atoms with Crippen LogP contribution in [0.3, 0.4) is 0 Å². The molecule has 1 heterocycles. The van der Waals surface area contributed by atoms with Crippen molar-refractivity contribution in [3.8, 4) is 17.4 Å². The van der Waals surface area contributed by atoms with E-state index in [0.29, 0.717) is 29.1 Å². The summed E-state index contributed by atoms with van der Waals surface area (Å²) in [5, 5.41) is 23.5. The van der Waals surface area contributed by atoms with E-state index in [1.165, 1.54) is 6.21 Å². The van der Waals surface area contributed by atoms with Gasteiger partial charge in [-0.05, 0) is 62.3 Å². The van der Waals surface area contributed by atoms with E-state index in [2.05, 4.69) is 50.1 Å². The molecule has 0 fully saturated rings. The number of carbonyl (C=O) groups is 1. The van der Waals surface area contributed by atoms with Crippen LogP contribution in [0.15, 0.2) is 56.3 Å². The normalized spacial score (nSPS) is 11.7. The third-order valence-corrected chi connectivity index (χ3v) is 6.60. The fraction of sp³-hybridized carbons (Fsp3) is 0.429. The molecule has 11 heteroatoms. The average molecular weight is 603 g/mol. The number of aromatic nitrogens is 1. The molecule has 1 N–H and O–H groups in total. The number of ether oxygens (including phenoxy) is 2. The number of hydrogen-bond donors (Lipinski definition) is 1. The lowest BCUT2D eigenvalue weighted by Crippen LogP contribution is -2.28. The Hall–Kier alpha value is -3.44. The number of oxime groups is 1. The third-order valence-electron chi connectivity index (χ3n) is 6.10. The first-order chi connectivity index (χ1) is 18.9. The molecule has 0 aliphatic rings. The van der Waals surface area contributed by atoms with E-state index in [1.54, 1.807) is 32.4 Å². The highest BCUT2D eigenvalue weighted by Gasteiger charge is 2.19. The molecular weight excluding hydrogens is 566 g/mol. The fourth-order valence-electron chi connectivity index (χ4n) is 4.01. The molecule has 0 spiro atoms. The summed E-state index contributed by atoms with van der Waals surface area (Å²) in [4.78, 5) is 19.8. The number of amides is 1. The molecule has 0 atom stereocenters. The van der Waals surface area contributed by atoms with E-state index < -0.39 is 12.5 Å². The van der Waals surface area contributed by atoms with Gasteiger partial charge in [0, 0.05) is 15.4 Å². The zero-order valence-corrected chi connectivity index (χ0v) is 24.5. The van der Waals surface area contributed by atoms with Gasteiger partial charge in [0.25, 0.3) is 0 Å². The third kappa shape index (κ3) is 8.27. The van der Waals surface area contributed by atoms with Crippen molar-refractivity contribution < 1.29 is 24.2 Å². The second-order valence-electron chi connectivity index (χ2n) is 8.94. The largest absolute Gasteiger partial charge is 0.493 e. The number of nitrogens with zero attached hydrogens (tertiary/aromatic N) is 5. The van der Waals surface area contributed by atoms with Gasteiger partial charge in [0.05, 0.1) is 32.6 Å². The van der Waals surface area contributed by atoms with Gasteiger partial charge in [-0.15, -0.1) is 10.2 Å². The Balaban J connectivity index is 1.73. The van der Waals surface area contributed by atoms with Crippen LogP contribution in [0.2, 0.25) is 0 Å². The van der Waals surface area contributed by atoms with Crippen LogP contribution < -0.4 is 9.47 Å². The lowest BCUT2D eigenvalue weighted by Gasteiger charge is -2.23. The monoisotopic (exact) mass is 601 g/mol. The Morgan fingerprint density at radius 2 is 1.77 bits per heavy atom. The van der Waals surface area contributed by atoms with Crippen molar-refractivity contribution in [2.24, 2.45) is 15.4 Å². The number of azo groups is 1. The topological polar surface area (TPSA) is 110 Å². The van der Waals surface area contributed by atoms with Gasteiger partial charge in [-0.2, -0.15) is 0 Å². The van der Waals surface area contributed by atoms with Crippen molar-refractivity contribution in [3.63, 3.8) is 0 Å². The Morgan fingerprint density at radius 1 is 1.05 bits per heavy atom. The summed E-state index contributed by atoms with van der Waals surface area (Å²) in [7, 11) is 3.10. The Morgan fingerprint density at radius 3 is 2.44 bits per heavy atom. The standard InChI is InChI=1S/C28H36BrN5O5/c1-5-7-13-33(14-8-6-2)19-34-23-11-10-21(29)16-22(23)27(28(34)36)32-31-26(35)18-39-30-17-20-9-12-24(37-3)25(15-20)38-4/h9-12,15-17,36H,5-8,13-14,18-19H2,1-4H3. The second kappa shape index (κ2) is 15.2. The molecule has 10 nitrogen and oxygen atoms in total. The Kier molecular flexibility index (Phi) is 11.8. The second-order valence-corrected chi connectivity index (χ2v) is 9.86. The lowest BCUT2D eigenvalue weighted by molar-refractivity contribution is -0.122. The van der Waals surface area contributed by atoms with Crippen LogP contribution in [0.25, 0.3) is 10.9 Å². The number of aromatic hydroxyl groups is 1. The molecule has 2 aromatic carbocycles. The van der Waals surface area contributed by atoms with Crippen molar-refractivity contribution in [2.45, 2.75) is 46.2 Å². The van der Waals surface area contributed by atoms with Crippen LogP contribution in [-0.2, 0) is 16.3 Å². The van der Waals surface area contributed by atoms with Gasteiger partial charge in [0.1, 0.15) is 0 Å². The van der Waals surface area contributed by atoms with E-state index >= 15 is 0 Å². The van der Waals surface area contributed by atoms with Gasteiger partial charge in [-0.1, -0.05) is 47.8 Å². The van der Waals surface area contributed by atoms with Crippen molar-refractivity contribution in [1.82, 2.24) is 9.47 Å². The van der Waals surface area contributed by atoms with Gasteiger partial charge in [0.15, 0.2) is 23.8 Å². The van der Waals surface area contributed by atoms with Crippen LogP contribution >= 0.6 is 15.9 Å². The summed E-state index contributed by atoms with van der Waals surface area (Å²) in [5.41, 5.74) is 1.75. The maximum absolute atomic E-state index is 12.3. The summed E-state index contributed by atoms with van der Waals surface area (Å²) in [6.45, 7) is 6.31. The quantitative estimate of drug-likeness (QED) is 0.119. The average Bonchev–Trinajstić information content (AvgIpc) is 3.20. The first-order valence-electron chi connectivity index (χ1n) is 13.0. The summed E-state index contributed by atoms with van der Waals surface area (Å²) in [5.74, 6) is 0.473. The van der Waals surface area contributed by atoms with Crippen molar-refractivity contribution in [1.29, 1.82) is 0 Å². The smallest absolute Gasteiger partial charge is 0.304 e. The first-order valence-corrected chi connectivity index (χ1v) is 13.8. The predicted molar refractivity (Wildman–Crippen MR) is 155 cm³/mol. The number of methoxy groups -OCH3 is 2. The molecule has 0 radical (unpaired) electrons. The maximum Gasteiger partial charge on any atom is 0.304 e. The van der Waals surface area contributed by atoms with E-state index in [-0.39, 0.29) is 11.6 Å². The molecule has 3 rings (SSSR count). The van der Waals surface area contributed by atoms with E-state index in [4.69, 9.17) is 14.3 Å². The molecule has 0 saturated carbocycles. The number of halogens is 1. The molecule has 3 aromatic rings. The lowest BCUT2D eigenvalue weighted by atomic mass is 10.2. The Labute approximate surface area is 237 Å². The van der Waals surface area contributed by atoms with Crippen LogP contribution in [0.1, 0.15) is 45.1 Å². The van der Waals surface area contributed by atoms with Crippen LogP contribution in [0.5, 0.6) is 17.4 Å². The number of unbranched alkanes of at least 4 members (excludes halogenated alkanes) is 2. The number of hydrogen-bond acceptors (Lipinski definition) is 8. The summed E-state index contributed by atoms with van der Waals surface area (Å²) in [6.07, 6.45) is 5.79. The highest BCUT2D eigenvalue weighted by atomic mass is 79.9. The van der Waals surface area contributed by atoms with E-state index in [1.807, 2.05) is 22.8 Å². The van der Waals surface area contributed by atoms with E-state index in [0.717, 1.165) is 48.8 Å². The molecular formula is C28H36BrN5O5. The van der Waals surface area contributed by atoms with Gasteiger partial charge >= 0.3 is 5.91 Å². The number of benzene rings is 2. The molecule has 0 aliphatic carbocycles. The predicted octanol–water partition coefficient (Wildman–Crippen LogP) is 6.65. The molecule has 0 unspecified atom stereocenters. The Bertz CT molecular complexity index is 1300. The minimum atomic E-state index is -0.637. The maximum atomic E-state index is 12.3. The zero-order chi connectivity index (χ0) is 28.2. The van der Waals surface area contributed by atoms with E-state index in [9.17, 15) is 9.90 Å². The van der Waals surface area contributed by atoms with Crippen molar-refractivity contribution in [3.05, 3.63) is 46.4 Å². The summed E-state index contributed by atoms with van der Waals surface area (Å²) < 4.78 is 13.1. The summed E-state index contributed by atoms with van der Waals surface area (Å²) >= 11 is 3.49. The van der Waals surface area contributed by atoms with Gasteiger partial charge < -0.3 is 19.4 Å². The number of fused-ring (bicyclic) bond motifs is 1. The van der Waals surface area contributed by atoms with Gasteiger partial charge in [-0.25, -0.2) is 0 Å². The fourth-order valence-corrected chi connectivity index (χ4v) is 4.37. The SMILES string of the molecule is CCCCN(CCCC)Cn1c(O)c(N=NC(=O)CON=Cc2ccc(OC)c(OC)c2)c2cc(Br)ccc21. The minimum Gasteiger partial charge on any atom is -0.493 e. The first kappa shape index (κ1) is 30.1. The number of rotatable bonds is 15. The minimum absolute atomic E-state index is 0.0370. The van der Waals surface area contributed by atoms with Gasteiger partial charge in [-0.3, -0.25) is 14.3 Å². The summed E-state index contributed by atoms with van der Waals surface area (Å²) in [6, 6.07) is 10.9.